The van der Waals surface area contributed by atoms with E-state index in [0.717, 1.165) is 17.1 Å². The van der Waals surface area contributed by atoms with Gasteiger partial charge in [0.05, 0.1) is 11.7 Å². The molecule has 4 nitrogen and oxygen atoms in total. The molecule has 2 rings (SSSR count). The molecule has 1 atom stereocenters. The third-order valence-electron chi connectivity index (χ3n) is 2.88. The number of aliphatic hydroxyl groups is 1. The van der Waals surface area contributed by atoms with Gasteiger partial charge in [-0.1, -0.05) is 18.2 Å². The molecule has 4 heteroatoms. The molecule has 86 valence electrons. The molecule has 0 radical (unpaired) electrons. The lowest BCUT2D eigenvalue weighted by Gasteiger charge is -2.21. The van der Waals surface area contributed by atoms with Crippen LogP contribution in [0.3, 0.4) is 0 Å². The second kappa shape index (κ2) is 4.55. The van der Waals surface area contributed by atoms with Crippen LogP contribution in [0, 0.1) is 0 Å². The molecule has 0 spiro atoms. The highest BCUT2D eigenvalue weighted by Crippen LogP contribution is 2.24. The highest BCUT2D eigenvalue weighted by molar-refractivity contribution is 5.53. The van der Waals surface area contributed by atoms with E-state index in [-0.39, 0.29) is 12.6 Å². The number of nitrogens with one attached hydrogen (secondary N) is 1. The molecule has 0 fully saturated rings. The summed E-state index contributed by atoms with van der Waals surface area (Å²) in [5.74, 6) is 0.727. The molecule has 1 unspecified atom stereocenters. The minimum atomic E-state index is 0.130. The van der Waals surface area contributed by atoms with Gasteiger partial charge in [0.2, 0.25) is 0 Å². The van der Waals surface area contributed by atoms with Gasteiger partial charge in [0.1, 0.15) is 5.82 Å². The number of hydrazine groups is 1. The molecule has 0 aromatic heterocycles. The summed E-state index contributed by atoms with van der Waals surface area (Å²) in [6.07, 6.45) is 0.676. The van der Waals surface area contributed by atoms with Gasteiger partial charge in [0.15, 0.2) is 0 Å². The quantitative estimate of drug-likeness (QED) is 0.708. The zero-order chi connectivity index (χ0) is 11.5. The monoisotopic (exact) mass is 219 g/mol. The van der Waals surface area contributed by atoms with Crippen LogP contribution in [-0.4, -0.2) is 17.8 Å². The largest absolute Gasteiger partial charge is 0.396 e. The Bertz CT molecular complexity index is 389. The van der Waals surface area contributed by atoms with Gasteiger partial charge in [-0.25, -0.2) is 5.43 Å². The van der Waals surface area contributed by atoms with Gasteiger partial charge in [-0.05, 0) is 31.1 Å². The fourth-order valence-electron chi connectivity index (χ4n) is 1.88. The van der Waals surface area contributed by atoms with E-state index in [1.165, 1.54) is 0 Å². The van der Waals surface area contributed by atoms with Gasteiger partial charge < -0.3 is 10.8 Å². The number of nitrogens with zero attached hydrogens (tertiary/aromatic N) is 1. The Hall–Kier alpha value is -1.52. The number of rotatable bonds is 3. The van der Waals surface area contributed by atoms with Crippen LogP contribution in [0.1, 0.15) is 13.3 Å². The van der Waals surface area contributed by atoms with Crippen molar-refractivity contribution in [1.29, 1.82) is 0 Å². The van der Waals surface area contributed by atoms with Gasteiger partial charge in [-0.3, -0.25) is 5.01 Å². The van der Waals surface area contributed by atoms with Crippen molar-refractivity contribution in [2.45, 2.75) is 19.4 Å². The average Bonchev–Trinajstić information content (AvgIpc) is 2.59. The van der Waals surface area contributed by atoms with E-state index in [9.17, 15) is 0 Å². The molecule has 0 saturated heterocycles. The Balaban J connectivity index is 2.21. The van der Waals surface area contributed by atoms with Crippen LogP contribution >= 0.6 is 0 Å². The van der Waals surface area contributed by atoms with Crippen LogP contribution in [0.15, 0.2) is 41.7 Å². The zero-order valence-corrected chi connectivity index (χ0v) is 9.35. The van der Waals surface area contributed by atoms with E-state index in [1.807, 2.05) is 42.3 Å². The standard InChI is InChI=1S/C12H17N3O/c1-9-11(7-8-16)14-15(12(9)13)10-5-3-2-4-6-10/h2-6,11,14,16H,7-8,13H2,1H3. The highest BCUT2D eigenvalue weighted by Gasteiger charge is 2.26. The molecular weight excluding hydrogens is 202 g/mol. The first kappa shape index (κ1) is 11.0. The Kier molecular flexibility index (Phi) is 3.12. The van der Waals surface area contributed by atoms with Crippen LogP contribution < -0.4 is 16.2 Å². The van der Waals surface area contributed by atoms with Crippen molar-refractivity contribution in [3.8, 4) is 0 Å². The molecule has 16 heavy (non-hydrogen) atoms. The smallest absolute Gasteiger partial charge is 0.119 e. The van der Waals surface area contributed by atoms with Crippen molar-refractivity contribution in [2.75, 3.05) is 11.6 Å². The van der Waals surface area contributed by atoms with Gasteiger partial charge in [0, 0.05) is 6.61 Å². The maximum absolute atomic E-state index is 8.97. The summed E-state index contributed by atoms with van der Waals surface area (Å²) >= 11 is 0. The molecule has 1 aliphatic rings. The van der Waals surface area contributed by atoms with Crippen molar-refractivity contribution < 1.29 is 5.11 Å². The van der Waals surface area contributed by atoms with Crippen molar-refractivity contribution in [3.05, 3.63) is 41.7 Å². The molecule has 1 aromatic carbocycles. The summed E-state index contributed by atoms with van der Waals surface area (Å²) in [7, 11) is 0. The van der Waals surface area contributed by atoms with Gasteiger partial charge in [-0.15, -0.1) is 0 Å². The number of hydrogen-bond donors (Lipinski definition) is 3. The Morgan fingerprint density at radius 3 is 2.69 bits per heavy atom. The summed E-state index contributed by atoms with van der Waals surface area (Å²) in [5, 5.41) is 10.8. The summed E-state index contributed by atoms with van der Waals surface area (Å²) in [6.45, 7) is 2.15. The van der Waals surface area contributed by atoms with Crippen LogP contribution in [0.5, 0.6) is 0 Å². The fourth-order valence-corrected chi connectivity index (χ4v) is 1.88. The van der Waals surface area contributed by atoms with E-state index < -0.39 is 0 Å². The molecule has 1 aromatic rings. The highest BCUT2D eigenvalue weighted by atomic mass is 16.3. The zero-order valence-electron chi connectivity index (χ0n) is 9.35. The maximum atomic E-state index is 8.97. The number of nitrogens with two attached hydrogens (primary N) is 1. The number of hydrogen-bond acceptors (Lipinski definition) is 4. The third-order valence-corrected chi connectivity index (χ3v) is 2.88. The van der Waals surface area contributed by atoms with Crippen LogP contribution in [0.2, 0.25) is 0 Å². The maximum Gasteiger partial charge on any atom is 0.119 e. The first-order valence-electron chi connectivity index (χ1n) is 5.42. The van der Waals surface area contributed by atoms with E-state index in [2.05, 4.69) is 5.43 Å². The Labute approximate surface area is 95.3 Å². The number of aliphatic hydroxyl groups excluding tert-OH is 1. The average molecular weight is 219 g/mol. The SMILES string of the molecule is CC1=C(N)N(c2ccccc2)NC1CCO. The van der Waals surface area contributed by atoms with Crippen molar-refractivity contribution in [1.82, 2.24) is 5.43 Å². The first-order chi connectivity index (χ1) is 7.74. The van der Waals surface area contributed by atoms with Gasteiger partial charge in [0.25, 0.3) is 0 Å². The minimum Gasteiger partial charge on any atom is -0.396 e. The van der Waals surface area contributed by atoms with Crippen LogP contribution in [0.25, 0.3) is 0 Å². The van der Waals surface area contributed by atoms with E-state index >= 15 is 0 Å². The molecule has 4 N–H and O–H groups in total. The van der Waals surface area contributed by atoms with Gasteiger partial charge in [-0.2, -0.15) is 0 Å². The lowest BCUT2D eigenvalue weighted by Crippen LogP contribution is -2.39. The number of para-hydroxylation sites is 1. The molecular formula is C12H17N3O. The molecule has 0 bridgehead atoms. The summed E-state index contributed by atoms with van der Waals surface area (Å²) in [5.41, 5.74) is 11.4. The van der Waals surface area contributed by atoms with Crippen molar-refractivity contribution in [3.63, 3.8) is 0 Å². The normalized spacial score (nSPS) is 20.6. The Morgan fingerprint density at radius 1 is 1.38 bits per heavy atom. The molecule has 1 heterocycles. The summed E-state index contributed by atoms with van der Waals surface area (Å²) < 4.78 is 0. The van der Waals surface area contributed by atoms with E-state index in [0.29, 0.717) is 6.42 Å². The van der Waals surface area contributed by atoms with E-state index in [1.54, 1.807) is 0 Å². The predicted molar refractivity (Wildman–Crippen MR) is 64.4 cm³/mol. The minimum absolute atomic E-state index is 0.130. The molecule has 0 saturated carbocycles. The molecule has 1 aliphatic heterocycles. The second-order valence-electron chi connectivity index (χ2n) is 3.93. The van der Waals surface area contributed by atoms with E-state index in [4.69, 9.17) is 10.8 Å². The van der Waals surface area contributed by atoms with Crippen molar-refractivity contribution >= 4 is 5.69 Å². The topological polar surface area (TPSA) is 61.5 Å². The van der Waals surface area contributed by atoms with Gasteiger partial charge >= 0.3 is 0 Å². The summed E-state index contributed by atoms with van der Waals surface area (Å²) in [4.78, 5) is 0. The first-order valence-corrected chi connectivity index (χ1v) is 5.42. The van der Waals surface area contributed by atoms with Crippen LogP contribution in [-0.2, 0) is 0 Å². The fraction of sp³-hybridized carbons (Fsp3) is 0.333. The molecule has 0 amide bonds. The second-order valence-corrected chi connectivity index (χ2v) is 3.93. The van der Waals surface area contributed by atoms with Crippen molar-refractivity contribution in [2.24, 2.45) is 5.73 Å². The lowest BCUT2D eigenvalue weighted by molar-refractivity contribution is 0.275. The predicted octanol–water partition coefficient (Wildman–Crippen LogP) is 0.952. The summed E-state index contributed by atoms with van der Waals surface area (Å²) in [6, 6.07) is 10.0. The Morgan fingerprint density at radius 2 is 2.06 bits per heavy atom. The van der Waals surface area contributed by atoms with Crippen LogP contribution in [0.4, 0.5) is 5.69 Å². The number of benzene rings is 1. The third kappa shape index (κ3) is 1.89. The number of anilines is 1. The molecule has 0 aliphatic carbocycles. The lowest BCUT2D eigenvalue weighted by atomic mass is 10.1.